The van der Waals surface area contributed by atoms with Crippen molar-refractivity contribution < 1.29 is 0 Å². The highest BCUT2D eigenvalue weighted by Gasteiger charge is 2.09. The van der Waals surface area contributed by atoms with Crippen LogP contribution in [0.4, 0.5) is 0 Å². The normalized spacial score (nSPS) is 12.9. The summed E-state index contributed by atoms with van der Waals surface area (Å²) in [7, 11) is 0. The van der Waals surface area contributed by atoms with Gasteiger partial charge in [-0.05, 0) is 43.5 Å². The standard InChI is InChI=1S/C15H24BrNS/c1-4-17-14(9-8-12(2)3)11-18-15-7-5-6-13(16)10-15/h5-7,10,12,14,17H,4,8-9,11H2,1-3H3. The van der Waals surface area contributed by atoms with Crippen LogP contribution in [0.3, 0.4) is 0 Å². The minimum absolute atomic E-state index is 0.626. The maximum atomic E-state index is 3.59. The van der Waals surface area contributed by atoms with Gasteiger partial charge in [-0.25, -0.2) is 0 Å². The third-order valence-electron chi connectivity index (χ3n) is 2.83. The van der Waals surface area contributed by atoms with Crippen LogP contribution in [0, 0.1) is 5.92 Å². The Kier molecular flexibility index (Phi) is 8.03. The van der Waals surface area contributed by atoms with E-state index in [1.807, 2.05) is 11.8 Å². The van der Waals surface area contributed by atoms with Crippen molar-refractivity contribution in [2.75, 3.05) is 12.3 Å². The minimum atomic E-state index is 0.626. The molecule has 102 valence electrons. The predicted octanol–water partition coefficient (Wildman–Crippen LogP) is 4.96. The molecule has 1 rings (SSSR count). The summed E-state index contributed by atoms with van der Waals surface area (Å²) in [5, 5.41) is 3.59. The maximum Gasteiger partial charge on any atom is 0.0186 e. The van der Waals surface area contributed by atoms with Crippen LogP contribution in [0.25, 0.3) is 0 Å². The van der Waals surface area contributed by atoms with Gasteiger partial charge >= 0.3 is 0 Å². The van der Waals surface area contributed by atoms with Gasteiger partial charge in [0.2, 0.25) is 0 Å². The molecule has 1 aromatic rings. The van der Waals surface area contributed by atoms with Crippen molar-refractivity contribution in [1.29, 1.82) is 0 Å². The average Bonchev–Trinajstić information content (AvgIpc) is 2.32. The van der Waals surface area contributed by atoms with E-state index in [0.29, 0.717) is 6.04 Å². The molecule has 1 atom stereocenters. The van der Waals surface area contributed by atoms with Crippen LogP contribution < -0.4 is 5.32 Å². The zero-order valence-corrected chi connectivity index (χ0v) is 14.0. The van der Waals surface area contributed by atoms with Crippen molar-refractivity contribution in [3.8, 4) is 0 Å². The first-order chi connectivity index (χ1) is 8.61. The summed E-state index contributed by atoms with van der Waals surface area (Å²) in [6.45, 7) is 7.84. The number of hydrogen-bond donors (Lipinski definition) is 1. The Hall–Kier alpha value is 0.01000. The molecular weight excluding hydrogens is 306 g/mol. The third-order valence-corrected chi connectivity index (χ3v) is 4.48. The van der Waals surface area contributed by atoms with Crippen LogP contribution in [0.5, 0.6) is 0 Å². The first-order valence-corrected chi connectivity index (χ1v) is 8.51. The van der Waals surface area contributed by atoms with E-state index in [4.69, 9.17) is 0 Å². The highest BCUT2D eigenvalue weighted by Crippen LogP contribution is 2.23. The van der Waals surface area contributed by atoms with Crippen molar-refractivity contribution in [1.82, 2.24) is 5.32 Å². The molecule has 1 nitrogen and oxygen atoms in total. The van der Waals surface area contributed by atoms with Gasteiger partial charge in [-0.1, -0.05) is 42.8 Å². The monoisotopic (exact) mass is 329 g/mol. The molecule has 0 saturated carbocycles. The molecule has 18 heavy (non-hydrogen) atoms. The van der Waals surface area contributed by atoms with Crippen LogP contribution in [0.1, 0.15) is 33.6 Å². The molecule has 0 saturated heterocycles. The first-order valence-electron chi connectivity index (χ1n) is 6.73. The summed E-state index contributed by atoms with van der Waals surface area (Å²) in [6, 6.07) is 9.17. The third kappa shape index (κ3) is 6.81. The molecule has 0 aliphatic rings. The second-order valence-electron chi connectivity index (χ2n) is 4.99. The summed E-state index contributed by atoms with van der Waals surface area (Å²) in [5.41, 5.74) is 0. The number of nitrogens with one attached hydrogen (secondary N) is 1. The molecule has 0 radical (unpaired) electrons. The summed E-state index contributed by atoms with van der Waals surface area (Å²) >= 11 is 5.46. The van der Waals surface area contributed by atoms with Crippen LogP contribution in [-0.4, -0.2) is 18.3 Å². The lowest BCUT2D eigenvalue weighted by atomic mass is 10.0. The predicted molar refractivity (Wildman–Crippen MR) is 86.4 cm³/mol. The first kappa shape index (κ1) is 16.1. The van der Waals surface area contributed by atoms with Crippen molar-refractivity contribution in [3.05, 3.63) is 28.7 Å². The Morgan fingerprint density at radius 2 is 2.06 bits per heavy atom. The average molecular weight is 330 g/mol. The van der Waals surface area contributed by atoms with Gasteiger partial charge in [0, 0.05) is 21.2 Å². The zero-order valence-electron chi connectivity index (χ0n) is 11.6. The van der Waals surface area contributed by atoms with Gasteiger partial charge in [-0.3, -0.25) is 0 Å². The molecule has 0 aromatic heterocycles. The Bertz CT molecular complexity index is 341. The summed E-state index contributed by atoms with van der Waals surface area (Å²) < 4.78 is 1.16. The molecule has 1 aromatic carbocycles. The lowest BCUT2D eigenvalue weighted by Crippen LogP contribution is -2.31. The minimum Gasteiger partial charge on any atom is -0.313 e. The van der Waals surface area contributed by atoms with Crippen LogP contribution in [0.15, 0.2) is 33.6 Å². The fraction of sp³-hybridized carbons (Fsp3) is 0.600. The SMILES string of the molecule is CCNC(CCC(C)C)CSc1cccc(Br)c1. The van der Waals surface area contributed by atoms with E-state index < -0.39 is 0 Å². The Labute approximate surface area is 124 Å². The van der Waals surface area contributed by atoms with Gasteiger partial charge in [0.25, 0.3) is 0 Å². The lowest BCUT2D eigenvalue weighted by molar-refractivity contribution is 0.464. The molecule has 0 bridgehead atoms. The molecule has 0 spiro atoms. The number of benzene rings is 1. The molecular formula is C15H24BrNS. The van der Waals surface area contributed by atoms with E-state index in [0.717, 1.165) is 22.7 Å². The number of halogens is 1. The van der Waals surface area contributed by atoms with Gasteiger partial charge in [0.05, 0.1) is 0 Å². The summed E-state index contributed by atoms with van der Waals surface area (Å²) in [6.07, 6.45) is 2.57. The van der Waals surface area contributed by atoms with Gasteiger partial charge < -0.3 is 5.32 Å². The van der Waals surface area contributed by atoms with E-state index in [1.165, 1.54) is 17.7 Å². The molecule has 1 unspecified atom stereocenters. The highest BCUT2D eigenvalue weighted by molar-refractivity contribution is 9.10. The molecule has 1 N–H and O–H groups in total. The Morgan fingerprint density at radius 3 is 2.67 bits per heavy atom. The van der Waals surface area contributed by atoms with Crippen molar-refractivity contribution in [2.24, 2.45) is 5.92 Å². The number of thioether (sulfide) groups is 1. The topological polar surface area (TPSA) is 12.0 Å². The number of rotatable bonds is 8. The van der Waals surface area contributed by atoms with Gasteiger partial charge in [0.1, 0.15) is 0 Å². The zero-order chi connectivity index (χ0) is 13.4. The van der Waals surface area contributed by atoms with Crippen LogP contribution in [-0.2, 0) is 0 Å². The van der Waals surface area contributed by atoms with E-state index >= 15 is 0 Å². The molecule has 0 fully saturated rings. The van der Waals surface area contributed by atoms with Crippen molar-refractivity contribution >= 4 is 27.7 Å². The molecule has 3 heteroatoms. The van der Waals surface area contributed by atoms with Gasteiger partial charge in [-0.2, -0.15) is 0 Å². The summed E-state index contributed by atoms with van der Waals surface area (Å²) in [4.78, 5) is 1.34. The fourth-order valence-corrected chi connectivity index (χ4v) is 3.44. The second-order valence-corrected chi connectivity index (χ2v) is 7.00. The van der Waals surface area contributed by atoms with E-state index in [-0.39, 0.29) is 0 Å². The highest BCUT2D eigenvalue weighted by atomic mass is 79.9. The Morgan fingerprint density at radius 1 is 1.28 bits per heavy atom. The molecule has 0 amide bonds. The molecule has 0 aliphatic carbocycles. The largest absolute Gasteiger partial charge is 0.313 e. The molecule has 0 aliphatic heterocycles. The van der Waals surface area contributed by atoms with E-state index in [9.17, 15) is 0 Å². The maximum absolute atomic E-state index is 3.59. The van der Waals surface area contributed by atoms with Crippen LogP contribution in [0.2, 0.25) is 0 Å². The summed E-state index contributed by atoms with van der Waals surface area (Å²) in [5.74, 6) is 1.94. The lowest BCUT2D eigenvalue weighted by Gasteiger charge is -2.18. The van der Waals surface area contributed by atoms with Crippen molar-refractivity contribution in [2.45, 2.75) is 44.6 Å². The van der Waals surface area contributed by atoms with Crippen LogP contribution >= 0.6 is 27.7 Å². The van der Waals surface area contributed by atoms with E-state index in [2.05, 4.69) is 66.3 Å². The van der Waals surface area contributed by atoms with E-state index in [1.54, 1.807) is 0 Å². The number of hydrogen-bond acceptors (Lipinski definition) is 2. The quantitative estimate of drug-likeness (QED) is 0.677. The smallest absolute Gasteiger partial charge is 0.0186 e. The molecule has 0 heterocycles. The van der Waals surface area contributed by atoms with Gasteiger partial charge in [-0.15, -0.1) is 11.8 Å². The Balaban J connectivity index is 2.41. The van der Waals surface area contributed by atoms with Gasteiger partial charge in [0.15, 0.2) is 0 Å². The second kappa shape index (κ2) is 9.00. The van der Waals surface area contributed by atoms with Crippen molar-refractivity contribution in [3.63, 3.8) is 0 Å². The fourth-order valence-electron chi connectivity index (χ4n) is 1.82.